The van der Waals surface area contributed by atoms with Crippen molar-refractivity contribution in [1.29, 1.82) is 0 Å². The van der Waals surface area contributed by atoms with Crippen molar-refractivity contribution < 1.29 is 4.79 Å². The average molecular weight is 260 g/mol. The van der Waals surface area contributed by atoms with Crippen LogP contribution in [0, 0.1) is 12.8 Å². The number of carbonyl (C=O) groups is 1. The zero-order valence-electron chi connectivity index (χ0n) is 11.9. The zero-order valence-corrected chi connectivity index (χ0v) is 11.9. The molecule has 0 bridgehead atoms. The molecule has 0 saturated heterocycles. The highest BCUT2D eigenvalue weighted by atomic mass is 16.1. The second-order valence-electron chi connectivity index (χ2n) is 5.86. The van der Waals surface area contributed by atoms with Crippen LogP contribution in [0.3, 0.4) is 0 Å². The molecule has 19 heavy (non-hydrogen) atoms. The normalized spacial score (nSPS) is 23.7. The number of anilines is 1. The number of hydrogen-bond donors (Lipinski definition) is 2. The topological polar surface area (TPSA) is 55.1 Å². The van der Waals surface area contributed by atoms with Gasteiger partial charge in [-0.05, 0) is 49.8 Å². The Labute approximate surface area is 115 Å². The third-order valence-electron chi connectivity index (χ3n) is 4.10. The maximum absolute atomic E-state index is 12.3. The number of carbonyl (C=O) groups excluding carboxylic acids is 1. The van der Waals surface area contributed by atoms with Gasteiger partial charge in [0.1, 0.15) is 0 Å². The maximum Gasteiger partial charge on any atom is 0.251 e. The molecule has 0 aliphatic heterocycles. The summed E-state index contributed by atoms with van der Waals surface area (Å²) in [5, 5.41) is 3.17. The molecule has 3 heteroatoms. The van der Waals surface area contributed by atoms with Gasteiger partial charge < -0.3 is 11.1 Å². The van der Waals surface area contributed by atoms with Gasteiger partial charge in [-0.3, -0.25) is 4.79 Å². The van der Waals surface area contributed by atoms with E-state index in [4.69, 9.17) is 5.73 Å². The van der Waals surface area contributed by atoms with Crippen LogP contribution >= 0.6 is 0 Å². The van der Waals surface area contributed by atoms with Gasteiger partial charge in [0.05, 0.1) is 0 Å². The van der Waals surface area contributed by atoms with Crippen molar-refractivity contribution in [1.82, 2.24) is 5.32 Å². The maximum atomic E-state index is 12.3. The van der Waals surface area contributed by atoms with Gasteiger partial charge in [-0.2, -0.15) is 0 Å². The summed E-state index contributed by atoms with van der Waals surface area (Å²) in [5.74, 6) is 0.806. The summed E-state index contributed by atoms with van der Waals surface area (Å²) >= 11 is 0. The number of nitrogens with two attached hydrogens (primary N) is 1. The number of benzene rings is 1. The molecule has 1 saturated carbocycles. The van der Waals surface area contributed by atoms with Crippen LogP contribution in [0.25, 0.3) is 0 Å². The predicted octanol–water partition coefficient (Wildman–Crippen LogP) is 3.28. The third-order valence-corrected chi connectivity index (χ3v) is 4.10. The molecule has 2 unspecified atom stereocenters. The van der Waals surface area contributed by atoms with Crippen LogP contribution < -0.4 is 11.1 Å². The second-order valence-corrected chi connectivity index (χ2v) is 5.86. The number of nitrogens with one attached hydrogen (secondary N) is 1. The molecule has 1 aromatic carbocycles. The minimum atomic E-state index is 0.0179. The molecule has 0 spiro atoms. The molecule has 3 nitrogen and oxygen atoms in total. The third kappa shape index (κ3) is 3.72. The van der Waals surface area contributed by atoms with Crippen molar-refractivity contribution in [2.45, 2.75) is 52.0 Å². The second kappa shape index (κ2) is 6.09. The standard InChI is InChI=1S/C16H24N2O/c1-11-4-3-5-14(9-6-11)18-16(19)15-10-13(17)8-7-12(15)2/h7-8,10-11,14H,3-6,9,17H2,1-2H3,(H,18,19). The summed E-state index contributed by atoms with van der Waals surface area (Å²) in [7, 11) is 0. The molecule has 1 fully saturated rings. The van der Waals surface area contributed by atoms with E-state index < -0.39 is 0 Å². The fourth-order valence-electron chi connectivity index (χ4n) is 2.78. The van der Waals surface area contributed by atoms with Crippen LogP contribution in [0.15, 0.2) is 18.2 Å². The molecule has 2 rings (SSSR count). The van der Waals surface area contributed by atoms with Crippen LogP contribution in [0.4, 0.5) is 5.69 Å². The van der Waals surface area contributed by atoms with Crippen LogP contribution in [-0.4, -0.2) is 11.9 Å². The summed E-state index contributed by atoms with van der Waals surface area (Å²) in [5.41, 5.74) is 8.09. The minimum Gasteiger partial charge on any atom is -0.399 e. The average Bonchev–Trinajstić information content (AvgIpc) is 2.57. The van der Waals surface area contributed by atoms with E-state index in [-0.39, 0.29) is 5.91 Å². The fourth-order valence-corrected chi connectivity index (χ4v) is 2.78. The lowest BCUT2D eigenvalue weighted by molar-refractivity contribution is 0.0932. The van der Waals surface area contributed by atoms with E-state index >= 15 is 0 Å². The van der Waals surface area contributed by atoms with E-state index in [9.17, 15) is 4.79 Å². The van der Waals surface area contributed by atoms with Crippen molar-refractivity contribution in [3.8, 4) is 0 Å². The summed E-state index contributed by atoms with van der Waals surface area (Å²) in [6.45, 7) is 4.25. The van der Waals surface area contributed by atoms with E-state index in [1.165, 1.54) is 19.3 Å². The molecule has 1 amide bonds. The molecular weight excluding hydrogens is 236 g/mol. The number of rotatable bonds is 2. The summed E-state index contributed by atoms with van der Waals surface area (Å²) in [4.78, 5) is 12.3. The van der Waals surface area contributed by atoms with E-state index in [2.05, 4.69) is 12.2 Å². The first-order valence-electron chi connectivity index (χ1n) is 7.23. The lowest BCUT2D eigenvalue weighted by atomic mass is 10.0. The summed E-state index contributed by atoms with van der Waals surface area (Å²) in [6, 6.07) is 5.82. The van der Waals surface area contributed by atoms with Gasteiger partial charge in [-0.15, -0.1) is 0 Å². The van der Waals surface area contributed by atoms with Crippen LogP contribution in [0.5, 0.6) is 0 Å². The number of aryl methyl sites for hydroxylation is 1. The van der Waals surface area contributed by atoms with E-state index in [0.29, 0.717) is 17.3 Å². The Morgan fingerprint density at radius 3 is 2.84 bits per heavy atom. The van der Waals surface area contributed by atoms with Crippen molar-refractivity contribution in [3.63, 3.8) is 0 Å². The minimum absolute atomic E-state index is 0.0179. The van der Waals surface area contributed by atoms with Crippen LogP contribution in [0.1, 0.15) is 54.9 Å². The number of amides is 1. The van der Waals surface area contributed by atoms with Gasteiger partial charge in [0, 0.05) is 17.3 Å². The Morgan fingerprint density at radius 1 is 1.26 bits per heavy atom. The number of hydrogen-bond acceptors (Lipinski definition) is 2. The van der Waals surface area contributed by atoms with Gasteiger partial charge >= 0.3 is 0 Å². The van der Waals surface area contributed by atoms with E-state index in [0.717, 1.165) is 24.3 Å². The Hall–Kier alpha value is -1.51. The van der Waals surface area contributed by atoms with Gasteiger partial charge in [0.2, 0.25) is 0 Å². The van der Waals surface area contributed by atoms with Gasteiger partial charge in [0.25, 0.3) is 5.91 Å². The Kier molecular flexibility index (Phi) is 4.46. The highest BCUT2D eigenvalue weighted by Crippen LogP contribution is 2.23. The first-order chi connectivity index (χ1) is 9.06. The van der Waals surface area contributed by atoms with Gasteiger partial charge in [-0.1, -0.05) is 25.8 Å². The molecule has 0 heterocycles. The molecule has 1 aliphatic rings. The zero-order chi connectivity index (χ0) is 13.8. The highest BCUT2D eigenvalue weighted by molar-refractivity contribution is 5.96. The van der Waals surface area contributed by atoms with Crippen molar-refractivity contribution in [3.05, 3.63) is 29.3 Å². The molecule has 0 aromatic heterocycles. The Balaban J connectivity index is 2.02. The lowest BCUT2D eigenvalue weighted by Crippen LogP contribution is -2.34. The highest BCUT2D eigenvalue weighted by Gasteiger charge is 2.19. The summed E-state index contributed by atoms with van der Waals surface area (Å²) < 4.78 is 0. The monoisotopic (exact) mass is 260 g/mol. The van der Waals surface area contributed by atoms with Crippen molar-refractivity contribution in [2.24, 2.45) is 5.92 Å². The van der Waals surface area contributed by atoms with E-state index in [1.807, 2.05) is 19.1 Å². The van der Waals surface area contributed by atoms with E-state index in [1.54, 1.807) is 6.07 Å². The molecule has 1 aliphatic carbocycles. The molecule has 0 radical (unpaired) electrons. The quantitative estimate of drug-likeness (QED) is 0.633. The lowest BCUT2D eigenvalue weighted by Gasteiger charge is -2.17. The SMILES string of the molecule is Cc1ccc(N)cc1C(=O)NC1CCCC(C)CC1. The molecular formula is C16H24N2O. The summed E-state index contributed by atoms with van der Waals surface area (Å²) in [6.07, 6.45) is 5.89. The first-order valence-corrected chi connectivity index (χ1v) is 7.23. The first kappa shape index (κ1) is 13.9. The molecule has 104 valence electrons. The molecule has 1 aromatic rings. The number of nitrogen functional groups attached to an aromatic ring is 1. The molecule has 2 atom stereocenters. The fraction of sp³-hybridized carbons (Fsp3) is 0.562. The smallest absolute Gasteiger partial charge is 0.251 e. The van der Waals surface area contributed by atoms with Crippen LogP contribution in [0.2, 0.25) is 0 Å². The molecule has 3 N–H and O–H groups in total. The van der Waals surface area contributed by atoms with Crippen molar-refractivity contribution >= 4 is 11.6 Å². The predicted molar refractivity (Wildman–Crippen MR) is 79.1 cm³/mol. The largest absolute Gasteiger partial charge is 0.399 e. The Morgan fingerprint density at radius 2 is 2.05 bits per heavy atom. The van der Waals surface area contributed by atoms with Gasteiger partial charge in [-0.25, -0.2) is 0 Å². The van der Waals surface area contributed by atoms with Crippen LogP contribution in [-0.2, 0) is 0 Å². The van der Waals surface area contributed by atoms with Crippen molar-refractivity contribution in [2.75, 3.05) is 5.73 Å². The van der Waals surface area contributed by atoms with Gasteiger partial charge in [0.15, 0.2) is 0 Å². The Bertz CT molecular complexity index is 456.